The van der Waals surface area contributed by atoms with Crippen LogP contribution in [0.1, 0.15) is 16.9 Å². The van der Waals surface area contributed by atoms with Crippen LogP contribution in [-0.2, 0) is 14.8 Å². The van der Waals surface area contributed by atoms with Gasteiger partial charge in [0.05, 0.1) is 12.7 Å². The van der Waals surface area contributed by atoms with Gasteiger partial charge >= 0.3 is 0 Å². The van der Waals surface area contributed by atoms with E-state index < -0.39 is 15.6 Å². The Morgan fingerprint density at radius 1 is 1.53 bits per heavy atom. The largest absolute Gasteiger partial charge is 0.378 e. The van der Waals surface area contributed by atoms with Crippen LogP contribution in [-0.4, -0.2) is 38.5 Å². The molecule has 2 heterocycles. The molecule has 0 spiro atoms. The number of hydrogen-bond donors (Lipinski definition) is 0. The summed E-state index contributed by atoms with van der Waals surface area (Å²) in [6.07, 6.45) is 0.405. The van der Waals surface area contributed by atoms with Crippen molar-refractivity contribution in [2.45, 2.75) is 30.0 Å². The van der Waals surface area contributed by atoms with Crippen LogP contribution in [0, 0.1) is 25.2 Å². The minimum Gasteiger partial charge on any atom is -0.378 e. The molecule has 0 unspecified atom stereocenters. The highest BCUT2D eigenvalue weighted by Gasteiger charge is 2.45. The van der Waals surface area contributed by atoms with Crippen molar-refractivity contribution in [3.05, 3.63) is 16.5 Å². The second-order valence-corrected chi connectivity index (χ2v) is 8.18. The summed E-state index contributed by atoms with van der Waals surface area (Å²) >= 11 is 1.24. The molecule has 5 nitrogen and oxygen atoms in total. The second-order valence-electron chi connectivity index (χ2n) is 4.72. The molecule has 1 fully saturated rings. The highest BCUT2D eigenvalue weighted by Crippen LogP contribution is 2.33. The van der Waals surface area contributed by atoms with Gasteiger partial charge < -0.3 is 4.74 Å². The molecule has 0 aliphatic carbocycles. The summed E-state index contributed by atoms with van der Waals surface area (Å²) in [5.74, 6) is 0. The molecule has 19 heavy (non-hydrogen) atoms. The van der Waals surface area contributed by atoms with Crippen molar-refractivity contribution in [2.75, 3.05) is 20.3 Å². The van der Waals surface area contributed by atoms with E-state index in [0.29, 0.717) is 13.0 Å². The number of nitriles is 1. The predicted molar refractivity (Wildman–Crippen MR) is 72.5 cm³/mol. The van der Waals surface area contributed by atoms with Gasteiger partial charge in [0.25, 0.3) is 10.0 Å². The van der Waals surface area contributed by atoms with E-state index in [1.165, 1.54) is 18.4 Å². The first-order valence-corrected chi connectivity index (χ1v) is 8.14. The average Bonchev–Trinajstić information content (AvgIpc) is 2.97. The Hall–Kier alpha value is -0.940. The fourth-order valence-electron chi connectivity index (χ4n) is 1.99. The van der Waals surface area contributed by atoms with Gasteiger partial charge in [0.1, 0.15) is 9.75 Å². The normalized spacial score (nSPS) is 23.7. The smallest absolute Gasteiger partial charge is 0.253 e. The minimum atomic E-state index is -3.65. The maximum atomic E-state index is 12.6. The van der Waals surface area contributed by atoms with E-state index in [4.69, 9.17) is 4.74 Å². The van der Waals surface area contributed by atoms with Gasteiger partial charge in [0, 0.05) is 25.0 Å². The van der Waals surface area contributed by atoms with Crippen LogP contribution in [0.2, 0.25) is 0 Å². The molecule has 0 amide bonds. The Balaban J connectivity index is 2.42. The SMILES string of the molecule is Cc1cc(S(=O)(=O)N(C)[C@@]2(C#N)CCOC2)sc1C. The van der Waals surface area contributed by atoms with Gasteiger partial charge in [-0.2, -0.15) is 9.57 Å². The number of likely N-dealkylation sites (N-methyl/N-ethyl adjacent to an activating group) is 1. The Kier molecular flexibility index (Phi) is 3.71. The van der Waals surface area contributed by atoms with Gasteiger partial charge in [0.2, 0.25) is 0 Å². The molecule has 0 N–H and O–H groups in total. The third-order valence-electron chi connectivity index (χ3n) is 3.57. The molecule has 0 aromatic carbocycles. The number of nitrogens with zero attached hydrogens (tertiary/aromatic N) is 2. The monoisotopic (exact) mass is 300 g/mol. The lowest BCUT2D eigenvalue weighted by atomic mass is 10.0. The van der Waals surface area contributed by atoms with Crippen LogP contribution < -0.4 is 0 Å². The van der Waals surface area contributed by atoms with E-state index in [1.807, 2.05) is 13.8 Å². The Labute approximate surface area is 117 Å². The molecular weight excluding hydrogens is 284 g/mol. The number of sulfonamides is 1. The van der Waals surface area contributed by atoms with Gasteiger partial charge in [-0.1, -0.05) is 0 Å². The van der Waals surface area contributed by atoms with Crippen LogP contribution in [0.5, 0.6) is 0 Å². The quantitative estimate of drug-likeness (QED) is 0.851. The van der Waals surface area contributed by atoms with E-state index in [2.05, 4.69) is 6.07 Å². The Morgan fingerprint density at radius 3 is 2.63 bits per heavy atom. The van der Waals surface area contributed by atoms with Gasteiger partial charge in [-0.25, -0.2) is 8.42 Å². The summed E-state index contributed by atoms with van der Waals surface area (Å²) in [5, 5.41) is 9.32. The number of thiophene rings is 1. The van der Waals surface area contributed by atoms with E-state index >= 15 is 0 Å². The Bertz CT molecular complexity index is 602. The van der Waals surface area contributed by atoms with Crippen molar-refractivity contribution >= 4 is 21.4 Å². The number of ether oxygens (including phenoxy) is 1. The summed E-state index contributed by atoms with van der Waals surface area (Å²) < 4.78 is 31.8. The first-order chi connectivity index (χ1) is 8.83. The number of hydrogen-bond acceptors (Lipinski definition) is 5. The Morgan fingerprint density at radius 2 is 2.21 bits per heavy atom. The lowest BCUT2D eigenvalue weighted by Gasteiger charge is -2.29. The maximum absolute atomic E-state index is 12.6. The molecular formula is C12H16N2O3S2. The van der Waals surface area contributed by atoms with Gasteiger partial charge in [-0.3, -0.25) is 0 Å². The lowest BCUT2D eigenvalue weighted by Crippen LogP contribution is -2.48. The van der Waals surface area contributed by atoms with Crippen molar-refractivity contribution in [1.29, 1.82) is 5.26 Å². The van der Waals surface area contributed by atoms with E-state index in [9.17, 15) is 13.7 Å². The topological polar surface area (TPSA) is 70.4 Å². The molecule has 0 saturated carbocycles. The summed E-state index contributed by atoms with van der Waals surface area (Å²) in [6.45, 7) is 4.31. The number of aryl methyl sites for hydroxylation is 2. The summed E-state index contributed by atoms with van der Waals surface area (Å²) in [5.41, 5.74) is -0.129. The fourth-order valence-corrected chi connectivity index (χ4v) is 5.12. The summed E-state index contributed by atoms with van der Waals surface area (Å²) in [6, 6.07) is 3.76. The molecule has 7 heteroatoms. The van der Waals surface area contributed by atoms with Crippen molar-refractivity contribution in [3.8, 4) is 6.07 Å². The van der Waals surface area contributed by atoms with E-state index in [1.54, 1.807) is 6.07 Å². The van der Waals surface area contributed by atoms with Crippen LogP contribution >= 0.6 is 11.3 Å². The predicted octanol–water partition coefficient (Wildman–Crippen LogP) is 1.67. The van der Waals surface area contributed by atoms with Gasteiger partial charge in [-0.05, 0) is 25.5 Å². The summed E-state index contributed by atoms with van der Waals surface area (Å²) in [7, 11) is -2.19. The zero-order chi connectivity index (χ0) is 14.3. The molecule has 0 radical (unpaired) electrons. The molecule has 1 atom stereocenters. The molecule has 1 aromatic rings. The molecule has 104 valence electrons. The van der Waals surface area contributed by atoms with E-state index in [-0.39, 0.29) is 10.8 Å². The van der Waals surface area contributed by atoms with Crippen LogP contribution in [0.15, 0.2) is 10.3 Å². The maximum Gasteiger partial charge on any atom is 0.253 e. The molecule has 1 aliphatic rings. The first kappa shape index (κ1) is 14.5. The molecule has 1 saturated heterocycles. The third-order valence-corrected chi connectivity index (χ3v) is 7.10. The molecule has 1 aliphatic heterocycles. The molecule has 0 bridgehead atoms. The molecule has 1 aromatic heterocycles. The third kappa shape index (κ3) is 2.30. The molecule has 2 rings (SSSR count). The highest BCUT2D eigenvalue weighted by atomic mass is 32.2. The van der Waals surface area contributed by atoms with Crippen LogP contribution in [0.4, 0.5) is 0 Å². The van der Waals surface area contributed by atoms with E-state index in [0.717, 1.165) is 14.7 Å². The zero-order valence-electron chi connectivity index (χ0n) is 11.1. The van der Waals surface area contributed by atoms with Crippen molar-refractivity contribution < 1.29 is 13.2 Å². The van der Waals surface area contributed by atoms with Crippen molar-refractivity contribution in [2.24, 2.45) is 0 Å². The zero-order valence-corrected chi connectivity index (χ0v) is 12.8. The average molecular weight is 300 g/mol. The standard InChI is InChI=1S/C12H16N2O3S2/c1-9-6-11(18-10(9)2)19(15,16)14(3)12(7-13)4-5-17-8-12/h6H,4-5,8H2,1-3H3/t12-/m1/s1. The second kappa shape index (κ2) is 4.87. The lowest BCUT2D eigenvalue weighted by molar-refractivity contribution is 0.163. The van der Waals surface area contributed by atoms with Gasteiger partial charge in [0.15, 0.2) is 0 Å². The first-order valence-electron chi connectivity index (χ1n) is 5.88. The summed E-state index contributed by atoms with van der Waals surface area (Å²) in [4.78, 5) is 0.973. The van der Waals surface area contributed by atoms with Crippen LogP contribution in [0.3, 0.4) is 0 Å². The highest BCUT2D eigenvalue weighted by molar-refractivity contribution is 7.91. The van der Waals surface area contributed by atoms with Crippen LogP contribution in [0.25, 0.3) is 0 Å². The fraction of sp³-hybridized carbons (Fsp3) is 0.583. The van der Waals surface area contributed by atoms with Crippen molar-refractivity contribution in [3.63, 3.8) is 0 Å². The van der Waals surface area contributed by atoms with Crippen molar-refractivity contribution in [1.82, 2.24) is 4.31 Å². The van der Waals surface area contributed by atoms with Gasteiger partial charge in [-0.15, -0.1) is 11.3 Å². The number of rotatable bonds is 3. The minimum absolute atomic E-state index is 0.128.